The minimum absolute atomic E-state index is 0.131. The molecular weight excluding hydrogens is 200 g/mol. The van der Waals surface area contributed by atoms with Crippen LogP contribution in [0.1, 0.15) is 18.9 Å². The van der Waals surface area contributed by atoms with Crippen LogP contribution in [0.25, 0.3) is 0 Å². The predicted molar refractivity (Wildman–Crippen MR) is 66.3 cm³/mol. The lowest BCUT2D eigenvalue weighted by atomic mass is 10.2. The van der Waals surface area contributed by atoms with Gasteiger partial charge in [0.05, 0.1) is 19.3 Å². The fourth-order valence-electron chi connectivity index (χ4n) is 1.49. The van der Waals surface area contributed by atoms with E-state index in [9.17, 15) is 0 Å². The minimum Gasteiger partial charge on any atom is -0.376 e. The van der Waals surface area contributed by atoms with Gasteiger partial charge in [0.15, 0.2) is 0 Å². The van der Waals surface area contributed by atoms with Crippen molar-refractivity contribution in [2.45, 2.75) is 26.1 Å². The maximum absolute atomic E-state index is 5.61. The van der Waals surface area contributed by atoms with Crippen LogP contribution < -0.4 is 0 Å². The number of rotatable bonds is 8. The molecule has 1 atom stereocenters. The second-order valence-electron chi connectivity index (χ2n) is 3.60. The highest BCUT2D eigenvalue weighted by Crippen LogP contribution is 2.04. The molecule has 0 aromatic heterocycles. The quantitative estimate of drug-likeness (QED) is 0.626. The van der Waals surface area contributed by atoms with Crippen molar-refractivity contribution in [2.75, 3.05) is 13.2 Å². The molecule has 0 heterocycles. The van der Waals surface area contributed by atoms with E-state index in [2.05, 4.69) is 18.7 Å². The summed E-state index contributed by atoms with van der Waals surface area (Å²) in [5.41, 5.74) is 1.19. The van der Waals surface area contributed by atoms with Gasteiger partial charge >= 0.3 is 0 Å². The summed E-state index contributed by atoms with van der Waals surface area (Å²) < 4.78 is 11.1. The first kappa shape index (κ1) is 12.9. The van der Waals surface area contributed by atoms with Crippen molar-refractivity contribution in [3.8, 4) is 0 Å². The second-order valence-corrected chi connectivity index (χ2v) is 3.60. The third kappa shape index (κ3) is 5.10. The molecule has 1 rings (SSSR count). The Bertz CT molecular complexity index is 282. The summed E-state index contributed by atoms with van der Waals surface area (Å²) in [7, 11) is 0. The molecule has 0 saturated carbocycles. The molecule has 88 valence electrons. The van der Waals surface area contributed by atoms with Crippen LogP contribution in [0.5, 0.6) is 0 Å². The summed E-state index contributed by atoms with van der Waals surface area (Å²) in [5, 5.41) is 0. The van der Waals surface area contributed by atoms with Gasteiger partial charge in [-0.2, -0.15) is 0 Å². The Labute approximate surface area is 97.9 Å². The molecule has 0 fully saturated rings. The summed E-state index contributed by atoms with van der Waals surface area (Å²) in [6.07, 6.45) is 2.83. The van der Waals surface area contributed by atoms with Gasteiger partial charge in [0.1, 0.15) is 0 Å². The molecule has 0 unspecified atom stereocenters. The van der Waals surface area contributed by atoms with Gasteiger partial charge in [-0.05, 0) is 18.9 Å². The van der Waals surface area contributed by atoms with Gasteiger partial charge in [0.25, 0.3) is 0 Å². The Hall–Kier alpha value is -1.12. The van der Waals surface area contributed by atoms with Gasteiger partial charge < -0.3 is 9.47 Å². The van der Waals surface area contributed by atoms with Crippen LogP contribution in [-0.2, 0) is 16.1 Å². The molecule has 2 nitrogen and oxygen atoms in total. The van der Waals surface area contributed by atoms with E-state index in [1.807, 2.05) is 31.2 Å². The van der Waals surface area contributed by atoms with Crippen molar-refractivity contribution in [3.05, 3.63) is 48.6 Å². The van der Waals surface area contributed by atoms with Gasteiger partial charge in [-0.25, -0.2) is 0 Å². The molecule has 1 aromatic carbocycles. The zero-order valence-electron chi connectivity index (χ0n) is 9.89. The molecule has 0 saturated heterocycles. The van der Waals surface area contributed by atoms with Crippen molar-refractivity contribution in [3.63, 3.8) is 0 Å². The lowest BCUT2D eigenvalue weighted by Crippen LogP contribution is -2.19. The van der Waals surface area contributed by atoms with Gasteiger partial charge in [-0.15, -0.1) is 6.58 Å². The van der Waals surface area contributed by atoms with Crippen LogP contribution >= 0.6 is 0 Å². The zero-order chi connectivity index (χ0) is 11.6. The molecule has 0 aliphatic heterocycles. The van der Waals surface area contributed by atoms with Crippen LogP contribution in [0.4, 0.5) is 0 Å². The standard InChI is InChI=1S/C14H20O2/c1-3-8-14(16-4-2)12-15-11-13-9-6-5-7-10-13/h3,5-7,9-10,14H,1,4,8,11-12H2,2H3/t14-/m1/s1. The van der Waals surface area contributed by atoms with Gasteiger partial charge in [-0.1, -0.05) is 36.4 Å². The topological polar surface area (TPSA) is 18.5 Å². The summed E-state index contributed by atoms with van der Waals surface area (Å²) >= 11 is 0. The molecule has 0 amide bonds. The Morgan fingerprint density at radius 3 is 2.69 bits per heavy atom. The Morgan fingerprint density at radius 1 is 1.31 bits per heavy atom. The van der Waals surface area contributed by atoms with Crippen LogP contribution in [0.3, 0.4) is 0 Å². The summed E-state index contributed by atoms with van der Waals surface area (Å²) in [6, 6.07) is 10.2. The van der Waals surface area contributed by atoms with Crippen molar-refractivity contribution >= 4 is 0 Å². The molecule has 0 spiro atoms. The highest BCUT2D eigenvalue weighted by atomic mass is 16.5. The number of hydrogen-bond acceptors (Lipinski definition) is 2. The van der Waals surface area contributed by atoms with E-state index in [0.29, 0.717) is 19.8 Å². The minimum atomic E-state index is 0.131. The largest absolute Gasteiger partial charge is 0.376 e. The first-order valence-corrected chi connectivity index (χ1v) is 5.71. The molecule has 1 aromatic rings. The highest BCUT2D eigenvalue weighted by molar-refractivity contribution is 5.13. The van der Waals surface area contributed by atoms with Gasteiger partial charge in [0.2, 0.25) is 0 Å². The van der Waals surface area contributed by atoms with Crippen molar-refractivity contribution < 1.29 is 9.47 Å². The van der Waals surface area contributed by atoms with E-state index in [1.54, 1.807) is 0 Å². The lowest BCUT2D eigenvalue weighted by molar-refractivity contribution is -0.0150. The Kier molecular flexibility index (Phi) is 6.54. The Morgan fingerprint density at radius 2 is 2.06 bits per heavy atom. The van der Waals surface area contributed by atoms with Crippen molar-refractivity contribution in [2.24, 2.45) is 0 Å². The molecule has 16 heavy (non-hydrogen) atoms. The van der Waals surface area contributed by atoms with Crippen LogP contribution in [-0.4, -0.2) is 19.3 Å². The normalized spacial score (nSPS) is 12.3. The predicted octanol–water partition coefficient (Wildman–Crippen LogP) is 3.18. The third-order valence-electron chi connectivity index (χ3n) is 2.25. The average molecular weight is 220 g/mol. The first-order valence-electron chi connectivity index (χ1n) is 5.71. The van der Waals surface area contributed by atoms with Crippen molar-refractivity contribution in [1.82, 2.24) is 0 Å². The number of ether oxygens (including phenoxy) is 2. The summed E-state index contributed by atoms with van der Waals surface area (Å²) in [4.78, 5) is 0. The van der Waals surface area contributed by atoms with E-state index in [-0.39, 0.29) is 6.10 Å². The monoisotopic (exact) mass is 220 g/mol. The maximum atomic E-state index is 5.61. The van der Waals surface area contributed by atoms with Crippen LogP contribution in [0.15, 0.2) is 43.0 Å². The first-order chi connectivity index (χ1) is 7.86. The van der Waals surface area contributed by atoms with E-state index < -0.39 is 0 Å². The van der Waals surface area contributed by atoms with E-state index in [1.165, 1.54) is 5.56 Å². The van der Waals surface area contributed by atoms with Crippen LogP contribution in [0, 0.1) is 0 Å². The third-order valence-corrected chi connectivity index (χ3v) is 2.25. The molecule has 0 N–H and O–H groups in total. The van der Waals surface area contributed by atoms with Crippen molar-refractivity contribution in [1.29, 1.82) is 0 Å². The van der Waals surface area contributed by atoms with E-state index in [0.717, 1.165) is 6.42 Å². The maximum Gasteiger partial charge on any atom is 0.0842 e. The molecule has 2 heteroatoms. The average Bonchev–Trinajstić information content (AvgIpc) is 2.31. The molecule has 0 bridgehead atoms. The number of benzene rings is 1. The van der Waals surface area contributed by atoms with E-state index in [4.69, 9.17) is 9.47 Å². The highest BCUT2D eigenvalue weighted by Gasteiger charge is 2.06. The zero-order valence-corrected chi connectivity index (χ0v) is 9.89. The summed E-state index contributed by atoms with van der Waals surface area (Å²) in [5.74, 6) is 0. The van der Waals surface area contributed by atoms with E-state index >= 15 is 0 Å². The lowest BCUT2D eigenvalue weighted by Gasteiger charge is -2.15. The summed E-state index contributed by atoms with van der Waals surface area (Å²) in [6.45, 7) is 7.68. The molecule has 0 aliphatic carbocycles. The smallest absolute Gasteiger partial charge is 0.0842 e. The van der Waals surface area contributed by atoms with Crippen LogP contribution in [0.2, 0.25) is 0 Å². The fourth-order valence-corrected chi connectivity index (χ4v) is 1.49. The molecule has 0 aliphatic rings. The molecule has 0 radical (unpaired) electrons. The van der Waals surface area contributed by atoms with Gasteiger partial charge in [0, 0.05) is 6.61 Å². The Balaban J connectivity index is 2.24. The number of hydrogen-bond donors (Lipinski definition) is 0. The molecular formula is C14H20O2. The fraction of sp³-hybridized carbons (Fsp3) is 0.429. The van der Waals surface area contributed by atoms with Gasteiger partial charge in [-0.3, -0.25) is 0 Å². The second kappa shape index (κ2) is 8.08. The SMILES string of the molecule is C=CC[C@H](COCc1ccccc1)OCC.